The molecule has 1 N–H and O–H groups in total. The van der Waals surface area contributed by atoms with Gasteiger partial charge in [-0.3, -0.25) is 9.59 Å². The van der Waals surface area contributed by atoms with Gasteiger partial charge in [-0.15, -0.1) is 0 Å². The van der Waals surface area contributed by atoms with Crippen LogP contribution >= 0.6 is 0 Å². The molecule has 0 spiro atoms. The molecule has 0 saturated heterocycles. The number of amides is 2. The lowest BCUT2D eigenvalue weighted by Crippen LogP contribution is -2.38. The lowest BCUT2D eigenvalue weighted by atomic mass is 10.1. The van der Waals surface area contributed by atoms with Crippen molar-refractivity contribution in [3.63, 3.8) is 0 Å². The molecular weight excluding hydrogens is 240 g/mol. The van der Waals surface area contributed by atoms with Gasteiger partial charge < -0.3 is 10.2 Å². The van der Waals surface area contributed by atoms with Crippen molar-refractivity contribution >= 4 is 17.5 Å². The number of nitrogens with one attached hydrogen (secondary N) is 1. The van der Waals surface area contributed by atoms with Gasteiger partial charge in [0.15, 0.2) is 0 Å². The zero-order valence-electron chi connectivity index (χ0n) is 11.7. The molecule has 102 valence electrons. The molecule has 1 heterocycles. The van der Waals surface area contributed by atoms with Gasteiger partial charge in [-0.25, -0.2) is 0 Å². The van der Waals surface area contributed by atoms with E-state index in [4.69, 9.17) is 0 Å². The predicted octanol–water partition coefficient (Wildman–Crippen LogP) is 2.44. The summed E-state index contributed by atoms with van der Waals surface area (Å²) in [5.41, 5.74) is 2.40. The maximum Gasteiger partial charge on any atom is 0.254 e. The Morgan fingerprint density at radius 2 is 2.16 bits per heavy atom. The van der Waals surface area contributed by atoms with Crippen LogP contribution < -0.4 is 5.32 Å². The second-order valence-corrected chi connectivity index (χ2v) is 4.95. The molecule has 1 unspecified atom stereocenters. The molecule has 2 amide bonds. The lowest BCUT2D eigenvalue weighted by molar-refractivity contribution is -0.115. The fourth-order valence-electron chi connectivity index (χ4n) is 2.40. The summed E-state index contributed by atoms with van der Waals surface area (Å²) < 4.78 is 0. The Balaban J connectivity index is 2.25. The quantitative estimate of drug-likeness (QED) is 0.904. The molecule has 1 aliphatic rings. The summed E-state index contributed by atoms with van der Waals surface area (Å²) in [6.45, 7) is 6.82. The number of nitrogens with zero attached hydrogens (tertiary/aromatic N) is 1. The van der Waals surface area contributed by atoms with Crippen LogP contribution in [-0.4, -0.2) is 29.3 Å². The van der Waals surface area contributed by atoms with E-state index >= 15 is 0 Å². The molecule has 19 heavy (non-hydrogen) atoms. The van der Waals surface area contributed by atoms with E-state index < -0.39 is 0 Å². The standard InChI is InChI=1S/C15H20N2O2/c1-4-10(3)17(5-2)15(19)11-6-7-13-12(8-11)9-14(18)16-13/h6-8,10H,4-5,9H2,1-3H3,(H,16,18). The Hall–Kier alpha value is -1.84. The van der Waals surface area contributed by atoms with E-state index in [0.717, 1.165) is 17.7 Å². The molecule has 0 aromatic heterocycles. The highest BCUT2D eigenvalue weighted by Crippen LogP contribution is 2.24. The molecule has 0 saturated carbocycles. The summed E-state index contributed by atoms with van der Waals surface area (Å²) in [5, 5.41) is 2.78. The van der Waals surface area contributed by atoms with E-state index in [-0.39, 0.29) is 17.9 Å². The van der Waals surface area contributed by atoms with E-state index in [9.17, 15) is 9.59 Å². The first-order valence-corrected chi connectivity index (χ1v) is 6.80. The van der Waals surface area contributed by atoms with Crippen LogP contribution in [0.2, 0.25) is 0 Å². The average Bonchev–Trinajstić information content (AvgIpc) is 2.77. The first-order chi connectivity index (χ1) is 9.06. The summed E-state index contributed by atoms with van der Waals surface area (Å²) in [6, 6.07) is 5.67. The van der Waals surface area contributed by atoms with Crippen LogP contribution in [0.3, 0.4) is 0 Å². The minimum absolute atomic E-state index is 0.00567. The minimum Gasteiger partial charge on any atom is -0.336 e. The summed E-state index contributed by atoms with van der Waals surface area (Å²) in [6.07, 6.45) is 1.30. The number of hydrogen-bond acceptors (Lipinski definition) is 2. The lowest BCUT2D eigenvalue weighted by Gasteiger charge is -2.27. The van der Waals surface area contributed by atoms with Crippen molar-refractivity contribution in [1.82, 2.24) is 4.90 Å². The van der Waals surface area contributed by atoms with Crippen molar-refractivity contribution in [3.8, 4) is 0 Å². The van der Waals surface area contributed by atoms with Crippen LogP contribution in [0.25, 0.3) is 0 Å². The Morgan fingerprint density at radius 1 is 1.42 bits per heavy atom. The number of carbonyl (C=O) groups is 2. The largest absolute Gasteiger partial charge is 0.336 e. The van der Waals surface area contributed by atoms with Gasteiger partial charge in [0, 0.05) is 23.8 Å². The molecule has 1 atom stereocenters. The molecule has 1 aliphatic heterocycles. The topological polar surface area (TPSA) is 49.4 Å². The first kappa shape index (κ1) is 13.6. The second-order valence-electron chi connectivity index (χ2n) is 4.95. The van der Waals surface area contributed by atoms with Gasteiger partial charge in [-0.2, -0.15) is 0 Å². The number of fused-ring (bicyclic) bond motifs is 1. The van der Waals surface area contributed by atoms with Crippen LogP contribution in [0.4, 0.5) is 5.69 Å². The number of benzene rings is 1. The van der Waals surface area contributed by atoms with Crippen molar-refractivity contribution in [2.45, 2.75) is 39.7 Å². The summed E-state index contributed by atoms with van der Waals surface area (Å²) >= 11 is 0. The van der Waals surface area contributed by atoms with E-state index in [1.807, 2.05) is 24.0 Å². The Labute approximate surface area is 113 Å². The highest BCUT2D eigenvalue weighted by atomic mass is 16.2. The van der Waals surface area contributed by atoms with Crippen molar-refractivity contribution < 1.29 is 9.59 Å². The highest BCUT2D eigenvalue weighted by molar-refractivity contribution is 6.01. The number of anilines is 1. The average molecular weight is 260 g/mol. The maximum atomic E-state index is 12.5. The fraction of sp³-hybridized carbons (Fsp3) is 0.467. The Morgan fingerprint density at radius 3 is 2.79 bits per heavy atom. The van der Waals surface area contributed by atoms with E-state index in [1.54, 1.807) is 6.07 Å². The number of carbonyl (C=O) groups excluding carboxylic acids is 2. The normalized spacial score (nSPS) is 14.8. The monoisotopic (exact) mass is 260 g/mol. The van der Waals surface area contributed by atoms with Crippen molar-refractivity contribution in [2.75, 3.05) is 11.9 Å². The highest BCUT2D eigenvalue weighted by Gasteiger charge is 2.22. The van der Waals surface area contributed by atoms with Gasteiger partial charge in [0.1, 0.15) is 0 Å². The van der Waals surface area contributed by atoms with Crippen molar-refractivity contribution in [2.24, 2.45) is 0 Å². The molecule has 0 aliphatic carbocycles. The third-order valence-electron chi connectivity index (χ3n) is 3.70. The molecule has 2 rings (SSSR count). The zero-order chi connectivity index (χ0) is 14.0. The zero-order valence-corrected chi connectivity index (χ0v) is 11.7. The summed E-state index contributed by atoms with van der Waals surface area (Å²) in [7, 11) is 0. The van der Waals surface area contributed by atoms with Gasteiger partial charge in [0.2, 0.25) is 5.91 Å². The Kier molecular flexibility index (Phi) is 3.88. The summed E-state index contributed by atoms with van der Waals surface area (Å²) in [5.74, 6) is 0.0351. The first-order valence-electron chi connectivity index (χ1n) is 6.80. The third kappa shape index (κ3) is 2.62. The van der Waals surface area contributed by atoms with Gasteiger partial charge in [0.05, 0.1) is 6.42 Å². The maximum absolute atomic E-state index is 12.5. The Bertz CT molecular complexity index is 511. The van der Waals surface area contributed by atoms with E-state index in [0.29, 0.717) is 18.5 Å². The molecule has 1 aromatic rings. The van der Waals surface area contributed by atoms with E-state index in [1.165, 1.54) is 0 Å². The van der Waals surface area contributed by atoms with Crippen molar-refractivity contribution in [3.05, 3.63) is 29.3 Å². The van der Waals surface area contributed by atoms with Gasteiger partial charge in [-0.1, -0.05) is 6.92 Å². The van der Waals surface area contributed by atoms with Gasteiger partial charge in [-0.05, 0) is 44.0 Å². The van der Waals surface area contributed by atoms with Crippen molar-refractivity contribution in [1.29, 1.82) is 0 Å². The smallest absolute Gasteiger partial charge is 0.254 e. The number of hydrogen-bond donors (Lipinski definition) is 1. The molecule has 4 heteroatoms. The SMILES string of the molecule is CCC(C)N(CC)C(=O)c1ccc2c(c1)CC(=O)N2. The van der Waals surface area contributed by atoms with Crippen LogP contribution in [0, 0.1) is 0 Å². The van der Waals surface area contributed by atoms with Crippen LogP contribution in [0.1, 0.15) is 43.1 Å². The summed E-state index contributed by atoms with van der Waals surface area (Å²) in [4.78, 5) is 25.7. The third-order valence-corrected chi connectivity index (χ3v) is 3.70. The molecule has 0 radical (unpaired) electrons. The fourth-order valence-corrected chi connectivity index (χ4v) is 2.40. The molecule has 0 bridgehead atoms. The molecule has 4 nitrogen and oxygen atoms in total. The van der Waals surface area contributed by atoms with Crippen LogP contribution in [-0.2, 0) is 11.2 Å². The second kappa shape index (κ2) is 5.43. The van der Waals surface area contributed by atoms with Crippen LogP contribution in [0.15, 0.2) is 18.2 Å². The molecule has 1 aromatic carbocycles. The van der Waals surface area contributed by atoms with Gasteiger partial charge >= 0.3 is 0 Å². The van der Waals surface area contributed by atoms with Gasteiger partial charge in [0.25, 0.3) is 5.91 Å². The van der Waals surface area contributed by atoms with Crippen LogP contribution in [0.5, 0.6) is 0 Å². The number of rotatable bonds is 4. The van der Waals surface area contributed by atoms with E-state index in [2.05, 4.69) is 19.2 Å². The predicted molar refractivity (Wildman–Crippen MR) is 75.2 cm³/mol. The minimum atomic E-state index is -0.00567. The molecule has 0 fully saturated rings. The molecular formula is C15H20N2O2.